The van der Waals surface area contributed by atoms with Gasteiger partial charge in [-0.25, -0.2) is 4.98 Å². The smallest absolute Gasteiger partial charge is 0.222 e. The van der Waals surface area contributed by atoms with Gasteiger partial charge in [-0.2, -0.15) is 0 Å². The molecule has 0 aliphatic rings. The zero-order valence-electron chi connectivity index (χ0n) is 13.4. The quantitative estimate of drug-likeness (QED) is 0.786. The van der Waals surface area contributed by atoms with Crippen molar-refractivity contribution in [3.63, 3.8) is 0 Å². The first kappa shape index (κ1) is 16.6. The number of fused-ring (bicyclic) bond motifs is 1. The van der Waals surface area contributed by atoms with Gasteiger partial charge in [0.15, 0.2) is 5.78 Å². The van der Waals surface area contributed by atoms with E-state index in [0.29, 0.717) is 12.8 Å². The number of thiazole rings is 1. The van der Waals surface area contributed by atoms with Crippen LogP contribution < -0.4 is 0 Å². The van der Waals surface area contributed by atoms with E-state index in [0.717, 1.165) is 28.1 Å². The number of hydrogen-bond donors (Lipinski definition) is 0. The van der Waals surface area contributed by atoms with E-state index in [1.165, 1.54) is 10.5 Å². The number of carbonyl (C=O) groups is 2. The monoisotopic (exact) mass is 318 g/mol. The third-order valence-corrected chi connectivity index (χ3v) is 4.54. The van der Waals surface area contributed by atoms with Crippen LogP contribution >= 0.6 is 11.3 Å². The second-order valence-electron chi connectivity index (χ2n) is 5.65. The van der Waals surface area contributed by atoms with Crippen LogP contribution in [0.5, 0.6) is 0 Å². The molecule has 0 radical (unpaired) electrons. The minimum atomic E-state index is 0.0307. The number of rotatable bonds is 7. The summed E-state index contributed by atoms with van der Waals surface area (Å²) in [5, 5.41) is 0.819. The number of likely N-dealkylation sites (N-methyl/N-ethyl adjacent to an activating group) is 1. The Bertz CT molecular complexity index is 678. The summed E-state index contributed by atoms with van der Waals surface area (Å²) in [7, 11) is 1.69. The molecule has 2 rings (SSSR count). The van der Waals surface area contributed by atoms with Gasteiger partial charge in [0.2, 0.25) is 5.91 Å². The summed E-state index contributed by atoms with van der Waals surface area (Å²) >= 11 is 1.55. The molecule has 0 saturated carbocycles. The third-order valence-electron chi connectivity index (χ3n) is 3.52. The van der Waals surface area contributed by atoms with Crippen molar-refractivity contribution in [3.8, 4) is 0 Å². The van der Waals surface area contributed by atoms with Crippen molar-refractivity contribution >= 4 is 33.2 Å². The molecule has 0 bridgehead atoms. The molecule has 0 N–H and O–H groups in total. The maximum absolute atomic E-state index is 12.1. The Morgan fingerprint density at radius 1 is 1.32 bits per heavy atom. The van der Waals surface area contributed by atoms with E-state index < -0.39 is 0 Å². The molecule has 2 aromatic rings. The molecule has 0 spiro atoms. The number of aryl methyl sites for hydroxylation is 1. The zero-order chi connectivity index (χ0) is 16.1. The van der Waals surface area contributed by atoms with Gasteiger partial charge in [-0.15, -0.1) is 11.3 Å². The van der Waals surface area contributed by atoms with Crippen molar-refractivity contribution in [1.82, 2.24) is 9.88 Å². The number of amides is 1. The Balaban J connectivity index is 1.94. The van der Waals surface area contributed by atoms with E-state index in [9.17, 15) is 9.59 Å². The molecule has 1 aromatic carbocycles. The first-order valence-corrected chi connectivity index (χ1v) is 8.43. The Kier molecular flexibility index (Phi) is 5.66. The molecule has 0 aliphatic carbocycles. The SMILES string of the molecule is CCCCC(=O)N(C)CC(=O)Cc1nc2ccc(C)cc2s1. The lowest BCUT2D eigenvalue weighted by molar-refractivity contribution is -0.134. The third kappa shape index (κ3) is 4.37. The molecule has 1 aromatic heterocycles. The summed E-state index contributed by atoms with van der Waals surface area (Å²) in [5.74, 6) is 0.0678. The fourth-order valence-corrected chi connectivity index (χ4v) is 3.35. The lowest BCUT2D eigenvalue weighted by Crippen LogP contribution is -2.32. The van der Waals surface area contributed by atoms with Gasteiger partial charge in [-0.3, -0.25) is 9.59 Å². The van der Waals surface area contributed by atoms with Gasteiger partial charge in [0.05, 0.1) is 23.2 Å². The topological polar surface area (TPSA) is 50.3 Å². The number of aromatic nitrogens is 1. The van der Waals surface area contributed by atoms with Crippen molar-refractivity contribution in [2.75, 3.05) is 13.6 Å². The molecule has 0 unspecified atom stereocenters. The number of unbranched alkanes of at least 4 members (excludes halogenated alkanes) is 1. The van der Waals surface area contributed by atoms with Crippen molar-refractivity contribution < 1.29 is 9.59 Å². The van der Waals surface area contributed by atoms with Crippen molar-refractivity contribution in [3.05, 3.63) is 28.8 Å². The predicted molar refractivity (Wildman–Crippen MR) is 90.2 cm³/mol. The second-order valence-corrected chi connectivity index (χ2v) is 6.76. The molecule has 118 valence electrons. The molecule has 0 aliphatic heterocycles. The fraction of sp³-hybridized carbons (Fsp3) is 0.471. The number of nitrogens with zero attached hydrogens (tertiary/aromatic N) is 2. The molecule has 1 heterocycles. The van der Waals surface area contributed by atoms with Crippen LogP contribution in [0.4, 0.5) is 0 Å². The standard InChI is InChI=1S/C17H22N2O2S/c1-4-5-6-17(21)19(3)11-13(20)10-16-18-14-8-7-12(2)9-15(14)22-16/h7-9H,4-6,10-11H2,1-3H3. The van der Waals surface area contributed by atoms with Gasteiger partial charge < -0.3 is 4.90 Å². The number of Topliss-reactive ketones (excluding diaryl/α,β-unsaturated/α-hetero) is 1. The largest absolute Gasteiger partial charge is 0.338 e. The van der Waals surface area contributed by atoms with Gasteiger partial charge in [0.1, 0.15) is 5.01 Å². The van der Waals surface area contributed by atoms with E-state index in [4.69, 9.17) is 0 Å². The minimum Gasteiger partial charge on any atom is -0.338 e. The average molecular weight is 318 g/mol. The van der Waals surface area contributed by atoms with E-state index >= 15 is 0 Å². The lowest BCUT2D eigenvalue weighted by Gasteiger charge is -2.15. The summed E-state index contributed by atoms with van der Waals surface area (Å²) in [5.41, 5.74) is 2.13. The van der Waals surface area contributed by atoms with Crippen molar-refractivity contribution in [2.45, 2.75) is 39.5 Å². The van der Waals surface area contributed by atoms with Crippen LogP contribution in [0, 0.1) is 6.92 Å². The summed E-state index contributed by atoms with van der Waals surface area (Å²) in [6, 6.07) is 6.09. The van der Waals surface area contributed by atoms with E-state index in [1.807, 2.05) is 26.0 Å². The summed E-state index contributed by atoms with van der Waals surface area (Å²) in [6.07, 6.45) is 2.66. The Morgan fingerprint density at radius 3 is 2.82 bits per heavy atom. The average Bonchev–Trinajstić information content (AvgIpc) is 2.85. The van der Waals surface area contributed by atoms with Gasteiger partial charge >= 0.3 is 0 Å². The van der Waals surface area contributed by atoms with Gasteiger partial charge in [-0.05, 0) is 31.0 Å². The van der Waals surface area contributed by atoms with E-state index in [-0.39, 0.29) is 18.2 Å². The molecule has 4 nitrogen and oxygen atoms in total. The summed E-state index contributed by atoms with van der Waals surface area (Å²) < 4.78 is 1.11. The Hall–Kier alpha value is -1.75. The first-order valence-electron chi connectivity index (χ1n) is 7.61. The highest BCUT2D eigenvalue weighted by Crippen LogP contribution is 2.23. The molecule has 0 atom stereocenters. The number of carbonyl (C=O) groups excluding carboxylic acids is 2. The molecular formula is C17H22N2O2S. The van der Waals surface area contributed by atoms with Crippen molar-refractivity contribution in [2.24, 2.45) is 0 Å². The van der Waals surface area contributed by atoms with Crippen LogP contribution in [-0.2, 0) is 16.0 Å². The van der Waals surface area contributed by atoms with Crippen LogP contribution in [0.25, 0.3) is 10.2 Å². The highest BCUT2D eigenvalue weighted by Gasteiger charge is 2.14. The van der Waals surface area contributed by atoms with Crippen molar-refractivity contribution in [1.29, 1.82) is 0 Å². The normalized spacial score (nSPS) is 10.9. The van der Waals surface area contributed by atoms with Crippen LogP contribution in [0.3, 0.4) is 0 Å². The maximum atomic E-state index is 12.1. The van der Waals surface area contributed by atoms with Gasteiger partial charge in [0, 0.05) is 13.5 Å². The fourth-order valence-electron chi connectivity index (χ4n) is 2.25. The van der Waals surface area contributed by atoms with E-state index in [2.05, 4.69) is 11.1 Å². The number of benzene rings is 1. The first-order chi connectivity index (χ1) is 10.5. The van der Waals surface area contributed by atoms with Gasteiger partial charge in [-0.1, -0.05) is 19.4 Å². The lowest BCUT2D eigenvalue weighted by atomic mass is 10.2. The van der Waals surface area contributed by atoms with Gasteiger partial charge in [0.25, 0.3) is 0 Å². The number of hydrogen-bond acceptors (Lipinski definition) is 4. The zero-order valence-corrected chi connectivity index (χ0v) is 14.2. The maximum Gasteiger partial charge on any atom is 0.222 e. The minimum absolute atomic E-state index is 0.0307. The molecule has 5 heteroatoms. The summed E-state index contributed by atoms with van der Waals surface area (Å²) in [6.45, 7) is 4.26. The molecule has 0 saturated heterocycles. The highest BCUT2D eigenvalue weighted by atomic mass is 32.1. The Morgan fingerprint density at radius 2 is 2.09 bits per heavy atom. The molecule has 22 heavy (non-hydrogen) atoms. The Labute approximate surface area is 135 Å². The van der Waals surface area contributed by atoms with Crippen LogP contribution in [0.1, 0.15) is 36.8 Å². The molecule has 0 fully saturated rings. The van der Waals surface area contributed by atoms with E-state index in [1.54, 1.807) is 18.4 Å². The van der Waals surface area contributed by atoms with Crippen LogP contribution in [-0.4, -0.2) is 35.2 Å². The summed E-state index contributed by atoms with van der Waals surface area (Å²) in [4.78, 5) is 30.0. The second kappa shape index (κ2) is 7.49. The predicted octanol–water partition coefficient (Wildman–Crippen LogP) is 3.36. The number of ketones is 1. The molecular weight excluding hydrogens is 296 g/mol. The van der Waals surface area contributed by atoms with Crippen LogP contribution in [0.15, 0.2) is 18.2 Å². The van der Waals surface area contributed by atoms with Crippen LogP contribution in [0.2, 0.25) is 0 Å². The molecule has 1 amide bonds. The highest BCUT2D eigenvalue weighted by molar-refractivity contribution is 7.18.